The fraction of sp³-hybridized carbons (Fsp3) is 0.667. The zero-order valence-electron chi connectivity index (χ0n) is 17.0. The molecule has 1 atom stereocenters. The van der Waals surface area contributed by atoms with Gasteiger partial charge < -0.3 is 30.2 Å². The fourth-order valence-corrected chi connectivity index (χ4v) is 2.01. The summed E-state index contributed by atoms with van der Waals surface area (Å²) in [6.45, 7) is 12.4. The third-order valence-electron chi connectivity index (χ3n) is 3.15. The minimum Gasteiger partial charge on any atom is -0.467 e. The Balaban J connectivity index is 0.00000676. The van der Waals surface area contributed by atoms with Crippen LogP contribution in [0.1, 0.15) is 53.4 Å². The van der Waals surface area contributed by atoms with Gasteiger partial charge >= 0.3 is 6.09 Å². The minimum atomic E-state index is -0.776. The molecule has 0 saturated carbocycles. The van der Waals surface area contributed by atoms with Crippen LogP contribution in [0.15, 0.2) is 27.8 Å². The van der Waals surface area contributed by atoms with Gasteiger partial charge in [0.05, 0.1) is 24.9 Å². The van der Waals surface area contributed by atoms with E-state index in [9.17, 15) is 9.90 Å². The number of guanidine groups is 1. The molecule has 0 aliphatic rings. The van der Waals surface area contributed by atoms with Crippen molar-refractivity contribution in [2.24, 2.45) is 4.99 Å². The summed E-state index contributed by atoms with van der Waals surface area (Å²) in [7, 11) is 0. The standard InChI is InChI=1S/C18H32N4O4.HI/c1-7-19-15(20-11-13(23)14-9-8-10-25-14)21-12-18(5,6)22-16(24)26-17(2,3)4;/h8-10,13,23H,7,11-12H2,1-6H3,(H,22,24)(H2,19,20,21);1H. The van der Waals surface area contributed by atoms with Crippen molar-refractivity contribution >= 4 is 36.0 Å². The quantitative estimate of drug-likeness (QED) is 0.263. The molecule has 27 heavy (non-hydrogen) atoms. The molecule has 0 radical (unpaired) electrons. The van der Waals surface area contributed by atoms with Crippen LogP contribution in [0.2, 0.25) is 0 Å². The molecule has 0 aliphatic heterocycles. The molecule has 0 aliphatic carbocycles. The van der Waals surface area contributed by atoms with E-state index in [1.54, 1.807) is 12.1 Å². The van der Waals surface area contributed by atoms with Crippen molar-refractivity contribution in [3.8, 4) is 0 Å². The Hall–Kier alpha value is -1.49. The zero-order valence-corrected chi connectivity index (χ0v) is 19.3. The molecule has 156 valence electrons. The number of aliphatic imine (C=N–C) groups is 1. The smallest absolute Gasteiger partial charge is 0.408 e. The summed E-state index contributed by atoms with van der Waals surface area (Å²) in [5.41, 5.74) is -1.15. The Labute approximate surface area is 178 Å². The van der Waals surface area contributed by atoms with Crippen LogP contribution in [-0.4, -0.2) is 47.9 Å². The number of nitrogens with one attached hydrogen (secondary N) is 3. The summed E-state index contributed by atoms with van der Waals surface area (Å²) in [4.78, 5) is 16.4. The second-order valence-corrected chi connectivity index (χ2v) is 7.62. The third kappa shape index (κ3) is 11.1. The zero-order chi connectivity index (χ0) is 19.8. The SMILES string of the molecule is CCNC(=NCC(C)(C)NC(=O)OC(C)(C)C)NCC(O)c1ccco1.I. The summed E-state index contributed by atoms with van der Waals surface area (Å²) >= 11 is 0. The number of ether oxygens (including phenoxy) is 1. The molecule has 4 N–H and O–H groups in total. The maximum Gasteiger partial charge on any atom is 0.408 e. The van der Waals surface area contributed by atoms with Crippen LogP contribution in [-0.2, 0) is 4.74 Å². The molecule has 1 unspecified atom stereocenters. The predicted molar refractivity (Wildman–Crippen MR) is 117 cm³/mol. The topological polar surface area (TPSA) is 108 Å². The second-order valence-electron chi connectivity index (χ2n) is 7.62. The van der Waals surface area contributed by atoms with Crippen molar-refractivity contribution < 1.29 is 19.1 Å². The molecule has 0 saturated heterocycles. The monoisotopic (exact) mass is 496 g/mol. The largest absolute Gasteiger partial charge is 0.467 e. The molecule has 9 heteroatoms. The summed E-state index contributed by atoms with van der Waals surface area (Å²) < 4.78 is 10.4. The number of carbonyl (C=O) groups excluding carboxylic acids is 1. The van der Waals surface area contributed by atoms with Gasteiger partial charge in [-0.3, -0.25) is 4.99 Å². The lowest BCUT2D eigenvalue weighted by molar-refractivity contribution is 0.0476. The number of furan rings is 1. The van der Waals surface area contributed by atoms with Crippen LogP contribution in [0.4, 0.5) is 4.79 Å². The first-order valence-electron chi connectivity index (χ1n) is 8.77. The predicted octanol–water partition coefficient (Wildman–Crippen LogP) is 2.79. The van der Waals surface area contributed by atoms with E-state index in [0.717, 1.165) is 0 Å². The van der Waals surface area contributed by atoms with Gasteiger partial charge in [-0.2, -0.15) is 0 Å². The fourth-order valence-electron chi connectivity index (χ4n) is 2.01. The number of alkyl carbamates (subject to hydrolysis) is 1. The average Bonchev–Trinajstić information content (AvgIpc) is 3.01. The van der Waals surface area contributed by atoms with E-state index in [4.69, 9.17) is 9.15 Å². The molecule has 1 heterocycles. The Morgan fingerprint density at radius 2 is 1.96 bits per heavy atom. The summed E-state index contributed by atoms with van der Waals surface area (Å²) in [5, 5.41) is 19.0. The second kappa shape index (κ2) is 11.4. The van der Waals surface area contributed by atoms with Gasteiger partial charge in [0.25, 0.3) is 0 Å². The Morgan fingerprint density at radius 3 is 2.48 bits per heavy atom. The minimum absolute atomic E-state index is 0. The van der Waals surface area contributed by atoms with Gasteiger partial charge in [-0.05, 0) is 53.7 Å². The first-order chi connectivity index (χ1) is 12.0. The number of hydrogen-bond acceptors (Lipinski definition) is 5. The van der Waals surface area contributed by atoms with Crippen LogP contribution < -0.4 is 16.0 Å². The van der Waals surface area contributed by atoms with Gasteiger partial charge in [0.15, 0.2) is 5.96 Å². The van der Waals surface area contributed by atoms with Gasteiger partial charge in [0, 0.05) is 6.54 Å². The molecule has 0 bridgehead atoms. The Kier molecular flexibility index (Phi) is 10.7. The van der Waals surface area contributed by atoms with Gasteiger partial charge in [0.1, 0.15) is 17.5 Å². The number of aliphatic hydroxyl groups excluding tert-OH is 1. The first kappa shape index (κ1) is 25.5. The normalized spacial score (nSPS) is 13.4. The van der Waals surface area contributed by atoms with Crippen molar-refractivity contribution in [1.82, 2.24) is 16.0 Å². The van der Waals surface area contributed by atoms with E-state index in [-0.39, 0.29) is 30.5 Å². The highest BCUT2D eigenvalue weighted by molar-refractivity contribution is 14.0. The van der Waals surface area contributed by atoms with E-state index in [1.165, 1.54) is 6.26 Å². The highest BCUT2D eigenvalue weighted by Gasteiger charge is 2.24. The summed E-state index contributed by atoms with van der Waals surface area (Å²) in [6.07, 6.45) is 0.258. The number of hydrogen-bond donors (Lipinski definition) is 4. The van der Waals surface area contributed by atoms with E-state index in [2.05, 4.69) is 20.9 Å². The van der Waals surface area contributed by atoms with Crippen molar-refractivity contribution in [1.29, 1.82) is 0 Å². The lowest BCUT2D eigenvalue weighted by atomic mass is 10.1. The van der Waals surface area contributed by atoms with E-state index >= 15 is 0 Å². The highest BCUT2D eigenvalue weighted by Crippen LogP contribution is 2.12. The van der Waals surface area contributed by atoms with Crippen LogP contribution in [0, 0.1) is 0 Å². The van der Waals surface area contributed by atoms with Crippen molar-refractivity contribution in [2.45, 2.75) is 58.8 Å². The first-order valence-corrected chi connectivity index (χ1v) is 8.77. The van der Waals surface area contributed by atoms with Crippen molar-refractivity contribution in [3.63, 3.8) is 0 Å². The molecule has 1 rings (SSSR count). The van der Waals surface area contributed by atoms with Crippen LogP contribution in [0.5, 0.6) is 0 Å². The molecule has 1 aromatic heterocycles. The molecule has 1 amide bonds. The number of amides is 1. The third-order valence-corrected chi connectivity index (χ3v) is 3.15. The van der Waals surface area contributed by atoms with Gasteiger partial charge in [-0.25, -0.2) is 4.79 Å². The van der Waals surface area contributed by atoms with Crippen LogP contribution >= 0.6 is 24.0 Å². The number of rotatable bonds is 7. The van der Waals surface area contributed by atoms with E-state index < -0.39 is 23.3 Å². The molecule has 0 aromatic carbocycles. The Bertz CT molecular complexity index is 583. The highest BCUT2D eigenvalue weighted by atomic mass is 127. The van der Waals surface area contributed by atoms with Crippen molar-refractivity contribution in [2.75, 3.05) is 19.6 Å². The van der Waals surface area contributed by atoms with Gasteiger partial charge in [0.2, 0.25) is 0 Å². The summed E-state index contributed by atoms with van der Waals surface area (Å²) in [6, 6.07) is 3.44. The van der Waals surface area contributed by atoms with Crippen LogP contribution in [0.25, 0.3) is 0 Å². The molecule has 0 spiro atoms. The van der Waals surface area contributed by atoms with Crippen LogP contribution in [0.3, 0.4) is 0 Å². The number of aliphatic hydroxyl groups is 1. The number of halogens is 1. The lowest BCUT2D eigenvalue weighted by Gasteiger charge is -2.27. The number of nitrogens with zero attached hydrogens (tertiary/aromatic N) is 1. The van der Waals surface area contributed by atoms with Gasteiger partial charge in [-0.15, -0.1) is 24.0 Å². The number of carbonyl (C=O) groups is 1. The molecular weight excluding hydrogens is 463 g/mol. The molecule has 8 nitrogen and oxygen atoms in total. The van der Waals surface area contributed by atoms with E-state index in [0.29, 0.717) is 24.8 Å². The Morgan fingerprint density at radius 1 is 1.30 bits per heavy atom. The molecule has 0 fully saturated rings. The maximum atomic E-state index is 11.9. The average molecular weight is 496 g/mol. The molecule has 1 aromatic rings. The van der Waals surface area contributed by atoms with Crippen molar-refractivity contribution in [3.05, 3.63) is 24.2 Å². The van der Waals surface area contributed by atoms with Gasteiger partial charge in [-0.1, -0.05) is 0 Å². The maximum absolute atomic E-state index is 11.9. The lowest BCUT2D eigenvalue weighted by Crippen LogP contribution is -2.49. The van der Waals surface area contributed by atoms with E-state index in [1.807, 2.05) is 41.5 Å². The summed E-state index contributed by atoms with van der Waals surface area (Å²) in [5.74, 6) is 1.03. The molecular formula is C18H33IN4O4.